The van der Waals surface area contributed by atoms with Crippen molar-refractivity contribution >= 4 is 15.9 Å². The molecule has 0 unspecified atom stereocenters. The Bertz CT molecular complexity index is 908. The molecule has 0 saturated carbocycles. The van der Waals surface area contributed by atoms with Crippen LogP contribution in [0, 0.1) is 0 Å². The van der Waals surface area contributed by atoms with E-state index in [9.17, 15) is 8.42 Å². The highest BCUT2D eigenvalue weighted by molar-refractivity contribution is 7.86. The molecular weight excluding hydrogens is 362 g/mol. The molecule has 0 spiro atoms. The van der Waals surface area contributed by atoms with Gasteiger partial charge in [-0.1, -0.05) is 36.4 Å². The molecule has 6 nitrogen and oxygen atoms in total. The fourth-order valence-corrected chi connectivity index (χ4v) is 5.46. The lowest BCUT2D eigenvalue weighted by Crippen LogP contribution is -2.53. The van der Waals surface area contributed by atoms with E-state index in [2.05, 4.69) is 11.0 Å². The van der Waals surface area contributed by atoms with Gasteiger partial charge < -0.3 is 9.64 Å². The Morgan fingerprint density at radius 2 is 1.48 bits per heavy atom. The molecule has 0 aromatic heterocycles. The number of hydrogen-bond donors (Lipinski definition) is 0. The van der Waals surface area contributed by atoms with Crippen molar-refractivity contribution in [3.05, 3.63) is 59.7 Å². The quantitative estimate of drug-likeness (QED) is 0.806. The van der Waals surface area contributed by atoms with E-state index < -0.39 is 10.2 Å². The van der Waals surface area contributed by atoms with Gasteiger partial charge in [0.2, 0.25) is 0 Å². The summed E-state index contributed by atoms with van der Waals surface area (Å²) in [5.74, 6) is 0.821. The zero-order valence-corrected chi connectivity index (χ0v) is 16.4. The number of rotatable bonds is 4. The summed E-state index contributed by atoms with van der Waals surface area (Å²) in [6.45, 7) is 3.29. The molecule has 0 aliphatic carbocycles. The van der Waals surface area contributed by atoms with Gasteiger partial charge >= 0.3 is 0 Å². The predicted molar refractivity (Wildman–Crippen MR) is 106 cm³/mol. The Hall–Kier alpha value is -2.09. The molecule has 4 rings (SSSR count). The Morgan fingerprint density at radius 1 is 0.815 bits per heavy atom. The number of anilines is 1. The van der Waals surface area contributed by atoms with Crippen molar-refractivity contribution in [1.82, 2.24) is 8.61 Å². The molecule has 2 aromatic carbocycles. The first kappa shape index (κ1) is 18.3. The maximum Gasteiger partial charge on any atom is 0.282 e. The zero-order valence-electron chi connectivity index (χ0n) is 15.5. The molecule has 0 amide bonds. The van der Waals surface area contributed by atoms with Gasteiger partial charge in [0, 0.05) is 39.3 Å². The highest BCUT2D eigenvalue weighted by atomic mass is 32.2. The van der Waals surface area contributed by atoms with Gasteiger partial charge in [-0.2, -0.15) is 17.0 Å². The first-order valence-electron chi connectivity index (χ1n) is 9.29. The van der Waals surface area contributed by atoms with Gasteiger partial charge in [0.1, 0.15) is 5.75 Å². The van der Waals surface area contributed by atoms with Crippen molar-refractivity contribution in [2.75, 3.05) is 44.7 Å². The Labute approximate surface area is 161 Å². The molecule has 2 aliphatic rings. The highest BCUT2D eigenvalue weighted by Crippen LogP contribution is 2.29. The third-order valence-electron chi connectivity index (χ3n) is 5.41. The minimum atomic E-state index is -3.44. The average Bonchev–Trinajstić information content (AvgIpc) is 2.73. The maximum atomic E-state index is 13.1. The Morgan fingerprint density at radius 3 is 2.22 bits per heavy atom. The van der Waals surface area contributed by atoms with E-state index in [0.717, 1.165) is 23.4 Å². The standard InChI is InChI=1S/C20H25N3O3S/c1-26-20-9-5-4-8-19(20)21-12-14-22(15-13-21)27(24,25)23-11-10-17-6-2-3-7-18(17)16-23/h2-9H,10-16H2,1H3. The van der Waals surface area contributed by atoms with Crippen LogP contribution in [0.15, 0.2) is 48.5 Å². The van der Waals surface area contributed by atoms with Crippen LogP contribution in [0.2, 0.25) is 0 Å². The summed E-state index contributed by atoms with van der Waals surface area (Å²) in [5, 5.41) is 0. The summed E-state index contributed by atoms with van der Waals surface area (Å²) >= 11 is 0. The van der Waals surface area contributed by atoms with Gasteiger partial charge in [-0.15, -0.1) is 0 Å². The lowest BCUT2D eigenvalue weighted by molar-refractivity contribution is 0.313. The van der Waals surface area contributed by atoms with Crippen LogP contribution in [0.5, 0.6) is 5.75 Å². The average molecular weight is 388 g/mol. The van der Waals surface area contributed by atoms with Gasteiger partial charge in [0.15, 0.2) is 0 Å². The third kappa shape index (κ3) is 3.54. The van der Waals surface area contributed by atoms with Crippen LogP contribution in [0.25, 0.3) is 0 Å². The van der Waals surface area contributed by atoms with Gasteiger partial charge in [-0.25, -0.2) is 0 Å². The number of hydrogen-bond acceptors (Lipinski definition) is 4. The fourth-order valence-electron chi connectivity index (χ4n) is 3.88. The van der Waals surface area contributed by atoms with Crippen LogP contribution < -0.4 is 9.64 Å². The normalized spacial score (nSPS) is 18.9. The highest BCUT2D eigenvalue weighted by Gasteiger charge is 2.34. The van der Waals surface area contributed by atoms with Crippen molar-refractivity contribution in [1.29, 1.82) is 0 Å². The molecular formula is C20H25N3O3S. The topological polar surface area (TPSA) is 53.1 Å². The monoisotopic (exact) mass is 387 g/mol. The first-order valence-corrected chi connectivity index (χ1v) is 10.7. The van der Waals surface area contributed by atoms with Crippen LogP contribution in [0.1, 0.15) is 11.1 Å². The molecule has 0 bridgehead atoms. The second-order valence-electron chi connectivity index (χ2n) is 6.92. The minimum Gasteiger partial charge on any atom is -0.495 e. The summed E-state index contributed by atoms with van der Waals surface area (Å²) in [6, 6.07) is 16.0. The van der Waals surface area contributed by atoms with Crippen LogP contribution in [-0.2, 0) is 23.2 Å². The number of methoxy groups -OCH3 is 1. The van der Waals surface area contributed by atoms with Gasteiger partial charge in [-0.05, 0) is 29.7 Å². The summed E-state index contributed by atoms with van der Waals surface area (Å²) in [7, 11) is -1.78. The molecule has 1 saturated heterocycles. The second-order valence-corrected chi connectivity index (χ2v) is 8.85. The number of ether oxygens (including phenoxy) is 1. The van der Waals surface area contributed by atoms with Crippen LogP contribution in [0.4, 0.5) is 5.69 Å². The van der Waals surface area contributed by atoms with Gasteiger partial charge in [0.25, 0.3) is 10.2 Å². The van der Waals surface area contributed by atoms with E-state index >= 15 is 0 Å². The molecule has 1 fully saturated rings. The molecule has 7 heteroatoms. The number of para-hydroxylation sites is 2. The first-order chi connectivity index (χ1) is 13.1. The number of fused-ring (bicyclic) bond motifs is 1. The molecule has 0 N–H and O–H groups in total. The SMILES string of the molecule is COc1ccccc1N1CCN(S(=O)(=O)N2CCc3ccccc3C2)CC1. The van der Waals surface area contributed by atoms with E-state index in [0.29, 0.717) is 39.3 Å². The lowest BCUT2D eigenvalue weighted by atomic mass is 10.0. The number of benzene rings is 2. The van der Waals surface area contributed by atoms with E-state index in [1.807, 2.05) is 42.5 Å². The molecule has 2 heterocycles. The van der Waals surface area contributed by atoms with Crippen LogP contribution in [-0.4, -0.2) is 56.9 Å². The van der Waals surface area contributed by atoms with E-state index in [1.54, 1.807) is 15.7 Å². The zero-order chi connectivity index (χ0) is 18.9. The molecule has 144 valence electrons. The van der Waals surface area contributed by atoms with Crippen LogP contribution in [0.3, 0.4) is 0 Å². The maximum absolute atomic E-state index is 13.1. The van der Waals surface area contributed by atoms with Crippen molar-refractivity contribution in [3.63, 3.8) is 0 Å². The Kier molecular flexibility index (Phi) is 5.08. The second kappa shape index (κ2) is 7.50. The summed E-state index contributed by atoms with van der Waals surface area (Å²) in [4.78, 5) is 2.19. The van der Waals surface area contributed by atoms with E-state index in [-0.39, 0.29) is 0 Å². The van der Waals surface area contributed by atoms with Crippen molar-refractivity contribution in [2.24, 2.45) is 0 Å². The molecule has 2 aliphatic heterocycles. The lowest BCUT2D eigenvalue weighted by Gasteiger charge is -2.39. The molecule has 0 atom stereocenters. The minimum absolute atomic E-state index is 0.464. The molecule has 2 aromatic rings. The van der Waals surface area contributed by atoms with E-state index in [1.165, 1.54) is 5.56 Å². The summed E-state index contributed by atoms with van der Waals surface area (Å²) < 4.78 is 34.9. The van der Waals surface area contributed by atoms with Crippen molar-refractivity contribution in [2.45, 2.75) is 13.0 Å². The predicted octanol–water partition coefficient (Wildman–Crippen LogP) is 2.12. The van der Waals surface area contributed by atoms with Gasteiger partial charge in [0.05, 0.1) is 12.8 Å². The smallest absolute Gasteiger partial charge is 0.282 e. The van der Waals surface area contributed by atoms with Crippen molar-refractivity contribution < 1.29 is 13.2 Å². The largest absolute Gasteiger partial charge is 0.495 e. The molecule has 0 radical (unpaired) electrons. The van der Waals surface area contributed by atoms with Gasteiger partial charge in [-0.3, -0.25) is 0 Å². The summed E-state index contributed by atoms with van der Waals surface area (Å²) in [6.07, 6.45) is 0.774. The number of nitrogens with zero attached hydrogens (tertiary/aromatic N) is 3. The molecule has 27 heavy (non-hydrogen) atoms. The Balaban J connectivity index is 1.45. The summed E-state index contributed by atoms with van der Waals surface area (Å²) in [5.41, 5.74) is 3.38. The van der Waals surface area contributed by atoms with Crippen molar-refractivity contribution in [3.8, 4) is 5.75 Å². The number of piperazine rings is 1. The third-order valence-corrected chi connectivity index (χ3v) is 7.39. The van der Waals surface area contributed by atoms with Crippen LogP contribution >= 0.6 is 0 Å². The fraction of sp³-hybridized carbons (Fsp3) is 0.400. The van der Waals surface area contributed by atoms with E-state index in [4.69, 9.17) is 4.74 Å².